The van der Waals surface area contributed by atoms with Crippen LogP contribution in [0.1, 0.15) is 33.9 Å². The first kappa shape index (κ1) is 17.0. The fourth-order valence-electron chi connectivity index (χ4n) is 2.31. The van der Waals surface area contributed by atoms with Crippen molar-refractivity contribution in [3.05, 3.63) is 70.2 Å². The zero-order valence-electron chi connectivity index (χ0n) is 13.0. The van der Waals surface area contributed by atoms with E-state index in [0.29, 0.717) is 16.1 Å². The van der Waals surface area contributed by atoms with E-state index in [1.54, 1.807) is 30.3 Å². The topological polar surface area (TPSA) is 55.4 Å². The third kappa shape index (κ3) is 4.33. The van der Waals surface area contributed by atoms with Gasteiger partial charge in [-0.1, -0.05) is 48.0 Å². The second-order valence-corrected chi connectivity index (χ2v) is 5.55. The molecule has 2 aromatic rings. The normalized spacial score (nSPS) is 11.6. The number of hydrogen-bond donors (Lipinski definition) is 1. The number of carbonyl (C=O) groups is 2. The van der Waals surface area contributed by atoms with Gasteiger partial charge in [0.1, 0.15) is 0 Å². The van der Waals surface area contributed by atoms with Gasteiger partial charge in [-0.05, 0) is 30.2 Å². The highest BCUT2D eigenvalue weighted by Crippen LogP contribution is 2.26. The van der Waals surface area contributed by atoms with Crippen molar-refractivity contribution in [1.29, 1.82) is 0 Å². The Morgan fingerprint density at radius 3 is 2.43 bits per heavy atom. The van der Waals surface area contributed by atoms with Gasteiger partial charge < -0.3 is 10.1 Å². The van der Waals surface area contributed by atoms with E-state index >= 15 is 0 Å². The molecule has 0 saturated carbocycles. The molecule has 0 fully saturated rings. The lowest BCUT2D eigenvalue weighted by molar-refractivity contribution is -0.141. The van der Waals surface area contributed by atoms with Crippen molar-refractivity contribution in [3.63, 3.8) is 0 Å². The molecule has 0 radical (unpaired) electrons. The molecule has 120 valence electrons. The average molecular weight is 332 g/mol. The molecule has 1 amide bonds. The minimum absolute atomic E-state index is 0.0118. The molecule has 0 saturated heterocycles. The third-order valence-electron chi connectivity index (χ3n) is 3.57. The van der Waals surface area contributed by atoms with Gasteiger partial charge in [0.15, 0.2) is 0 Å². The molecule has 0 aliphatic carbocycles. The number of rotatable bonds is 5. The van der Waals surface area contributed by atoms with Crippen LogP contribution in [-0.4, -0.2) is 19.0 Å². The standard InChI is InChI=1S/C18H18ClNO3/c1-12-7-3-4-8-13(12)18(22)20-16(11-17(21)23-2)14-9-5-6-10-15(14)19/h3-10,16H,11H2,1-2H3,(H,20,22). The van der Waals surface area contributed by atoms with E-state index in [-0.39, 0.29) is 12.3 Å². The fourth-order valence-corrected chi connectivity index (χ4v) is 2.58. The first-order chi connectivity index (χ1) is 11.0. The van der Waals surface area contributed by atoms with Gasteiger partial charge in [0.25, 0.3) is 5.91 Å². The summed E-state index contributed by atoms with van der Waals surface area (Å²) >= 11 is 6.20. The molecule has 0 aliphatic rings. The van der Waals surface area contributed by atoms with Gasteiger partial charge in [0.05, 0.1) is 19.6 Å². The number of halogens is 1. The SMILES string of the molecule is COC(=O)CC(NC(=O)c1ccccc1C)c1ccccc1Cl. The monoisotopic (exact) mass is 331 g/mol. The third-order valence-corrected chi connectivity index (χ3v) is 3.92. The van der Waals surface area contributed by atoms with Crippen molar-refractivity contribution in [2.24, 2.45) is 0 Å². The van der Waals surface area contributed by atoms with E-state index in [2.05, 4.69) is 5.32 Å². The van der Waals surface area contributed by atoms with E-state index < -0.39 is 12.0 Å². The Balaban J connectivity index is 2.28. The molecule has 0 spiro atoms. The highest BCUT2D eigenvalue weighted by atomic mass is 35.5. The highest BCUT2D eigenvalue weighted by molar-refractivity contribution is 6.31. The van der Waals surface area contributed by atoms with E-state index in [9.17, 15) is 9.59 Å². The van der Waals surface area contributed by atoms with Crippen LogP contribution in [0.5, 0.6) is 0 Å². The summed E-state index contributed by atoms with van der Waals surface area (Å²) in [5.74, 6) is -0.670. The number of nitrogens with one attached hydrogen (secondary N) is 1. The molecule has 1 atom stereocenters. The van der Waals surface area contributed by atoms with E-state index in [1.165, 1.54) is 7.11 Å². The lowest BCUT2D eigenvalue weighted by atomic mass is 10.0. The maximum absolute atomic E-state index is 12.5. The van der Waals surface area contributed by atoms with E-state index in [4.69, 9.17) is 16.3 Å². The molecule has 0 heterocycles. The maximum Gasteiger partial charge on any atom is 0.307 e. The molecule has 23 heavy (non-hydrogen) atoms. The van der Waals surface area contributed by atoms with Crippen molar-refractivity contribution in [2.75, 3.05) is 7.11 Å². The summed E-state index contributed by atoms with van der Waals surface area (Å²) in [4.78, 5) is 24.2. The second kappa shape index (κ2) is 7.79. The van der Waals surface area contributed by atoms with Crippen LogP contribution in [0.2, 0.25) is 5.02 Å². The summed E-state index contributed by atoms with van der Waals surface area (Å²) in [7, 11) is 1.31. The molecular formula is C18H18ClNO3. The molecule has 0 aliphatic heterocycles. The fraction of sp³-hybridized carbons (Fsp3) is 0.222. The number of benzene rings is 2. The van der Waals surface area contributed by atoms with Crippen LogP contribution >= 0.6 is 11.6 Å². The van der Waals surface area contributed by atoms with Gasteiger partial charge in [-0.2, -0.15) is 0 Å². The van der Waals surface area contributed by atoms with Crippen LogP contribution in [0.15, 0.2) is 48.5 Å². The summed E-state index contributed by atoms with van der Waals surface area (Å²) < 4.78 is 4.72. The van der Waals surface area contributed by atoms with Crippen LogP contribution in [0, 0.1) is 6.92 Å². The number of amides is 1. The van der Waals surface area contributed by atoms with Crippen molar-refractivity contribution >= 4 is 23.5 Å². The molecule has 5 heteroatoms. The van der Waals surface area contributed by atoms with Crippen LogP contribution in [-0.2, 0) is 9.53 Å². The quantitative estimate of drug-likeness (QED) is 0.850. The lowest BCUT2D eigenvalue weighted by Crippen LogP contribution is -2.31. The first-order valence-electron chi connectivity index (χ1n) is 7.20. The summed E-state index contributed by atoms with van der Waals surface area (Å²) in [6.45, 7) is 1.86. The van der Waals surface area contributed by atoms with Crippen LogP contribution < -0.4 is 5.32 Å². The van der Waals surface area contributed by atoms with Gasteiger partial charge in [0.2, 0.25) is 0 Å². The van der Waals surface area contributed by atoms with Gasteiger partial charge in [0, 0.05) is 10.6 Å². The first-order valence-corrected chi connectivity index (χ1v) is 7.58. The Morgan fingerprint density at radius 2 is 1.78 bits per heavy atom. The molecule has 2 aromatic carbocycles. The molecule has 0 bridgehead atoms. The summed E-state index contributed by atoms with van der Waals surface area (Å²) in [5.41, 5.74) is 2.11. The van der Waals surface area contributed by atoms with Gasteiger partial charge >= 0.3 is 5.97 Å². The Bertz CT molecular complexity index is 715. The van der Waals surface area contributed by atoms with E-state index in [1.807, 2.05) is 25.1 Å². The molecular weight excluding hydrogens is 314 g/mol. The average Bonchev–Trinajstić information content (AvgIpc) is 2.55. The zero-order chi connectivity index (χ0) is 16.8. The number of methoxy groups -OCH3 is 1. The summed E-state index contributed by atoms with van der Waals surface area (Å²) in [6, 6.07) is 13.8. The van der Waals surface area contributed by atoms with Crippen LogP contribution in [0.3, 0.4) is 0 Å². The smallest absolute Gasteiger partial charge is 0.307 e. The Morgan fingerprint density at radius 1 is 1.13 bits per heavy atom. The Kier molecular flexibility index (Phi) is 5.77. The van der Waals surface area contributed by atoms with Gasteiger partial charge in [-0.3, -0.25) is 9.59 Å². The minimum atomic E-state index is -0.553. The van der Waals surface area contributed by atoms with Gasteiger partial charge in [-0.25, -0.2) is 0 Å². The number of hydrogen-bond acceptors (Lipinski definition) is 3. The highest BCUT2D eigenvalue weighted by Gasteiger charge is 2.22. The Hall–Kier alpha value is -2.33. The minimum Gasteiger partial charge on any atom is -0.469 e. The zero-order valence-corrected chi connectivity index (χ0v) is 13.8. The molecule has 1 unspecified atom stereocenters. The predicted molar refractivity (Wildman–Crippen MR) is 89.5 cm³/mol. The molecule has 1 N–H and O–H groups in total. The van der Waals surface area contributed by atoms with Crippen molar-refractivity contribution in [1.82, 2.24) is 5.32 Å². The van der Waals surface area contributed by atoms with Crippen LogP contribution in [0.4, 0.5) is 0 Å². The van der Waals surface area contributed by atoms with Crippen molar-refractivity contribution in [2.45, 2.75) is 19.4 Å². The molecule has 4 nitrogen and oxygen atoms in total. The Labute approximate surface area is 140 Å². The summed E-state index contributed by atoms with van der Waals surface area (Å²) in [6.07, 6.45) is 0.0118. The predicted octanol–water partition coefficient (Wildman–Crippen LogP) is 3.68. The maximum atomic E-state index is 12.5. The largest absolute Gasteiger partial charge is 0.469 e. The number of ether oxygens (including phenoxy) is 1. The molecule has 2 rings (SSSR count). The number of esters is 1. The number of aryl methyl sites for hydroxylation is 1. The van der Waals surface area contributed by atoms with Crippen LogP contribution in [0.25, 0.3) is 0 Å². The van der Waals surface area contributed by atoms with E-state index in [0.717, 1.165) is 5.56 Å². The number of carbonyl (C=O) groups excluding carboxylic acids is 2. The van der Waals surface area contributed by atoms with Crippen molar-refractivity contribution < 1.29 is 14.3 Å². The van der Waals surface area contributed by atoms with Gasteiger partial charge in [-0.15, -0.1) is 0 Å². The lowest BCUT2D eigenvalue weighted by Gasteiger charge is -2.20. The van der Waals surface area contributed by atoms with Crippen molar-refractivity contribution in [3.8, 4) is 0 Å². The molecule has 0 aromatic heterocycles. The summed E-state index contributed by atoms with van der Waals surface area (Å²) in [5, 5.41) is 3.36. The second-order valence-electron chi connectivity index (χ2n) is 5.14.